The van der Waals surface area contributed by atoms with E-state index in [1.807, 2.05) is 0 Å². The van der Waals surface area contributed by atoms with Crippen LogP contribution in [-0.2, 0) is 9.59 Å². The van der Waals surface area contributed by atoms with Crippen LogP contribution < -0.4 is 15.0 Å². The fourth-order valence-corrected chi connectivity index (χ4v) is 2.97. The molecule has 0 aliphatic carbocycles. The first kappa shape index (κ1) is 17.6. The van der Waals surface area contributed by atoms with Crippen LogP contribution >= 0.6 is 34.8 Å². The third-order valence-corrected chi connectivity index (χ3v) is 4.73. The van der Waals surface area contributed by atoms with E-state index in [9.17, 15) is 9.59 Å². The van der Waals surface area contributed by atoms with Gasteiger partial charge < -0.3 is 10.1 Å². The Balaban J connectivity index is 1.99. The van der Waals surface area contributed by atoms with Crippen LogP contribution in [0.3, 0.4) is 0 Å². The van der Waals surface area contributed by atoms with Gasteiger partial charge in [0.25, 0.3) is 11.8 Å². The van der Waals surface area contributed by atoms with Crippen molar-refractivity contribution in [1.82, 2.24) is 0 Å². The number of anilines is 2. The van der Waals surface area contributed by atoms with E-state index in [1.165, 1.54) is 13.2 Å². The van der Waals surface area contributed by atoms with Crippen molar-refractivity contribution in [2.75, 3.05) is 17.3 Å². The summed E-state index contributed by atoms with van der Waals surface area (Å²) >= 11 is 18.2. The summed E-state index contributed by atoms with van der Waals surface area (Å²) in [5, 5.41) is 2.93. The van der Waals surface area contributed by atoms with Crippen LogP contribution in [0.5, 0.6) is 5.75 Å². The lowest BCUT2D eigenvalue weighted by molar-refractivity contribution is -0.120. The summed E-state index contributed by atoms with van der Waals surface area (Å²) in [5.41, 5.74) is 0.602. The molecule has 1 aliphatic heterocycles. The number of methoxy groups -OCH3 is 1. The van der Waals surface area contributed by atoms with Gasteiger partial charge in [0.05, 0.1) is 28.5 Å². The molecule has 0 aromatic heterocycles. The number of carbonyl (C=O) groups is 2. The van der Waals surface area contributed by atoms with Gasteiger partial charge in [-0.2, -0.15) is 0 Å². The number of rotatable bonds is 4. The summed E-state index contributed by atoms with van der Waals surface area (Å²) in [7, 11) is 1.50. The first-order chi connectivity index (χ1) is 12.0. The van der Waals surface area contributed by atoms with Crippen molar-refractivity contribution >= 4 is 58.0 Å². The minimum Gasteiger partial charge on any atom is -0.495 e. The Labute approximate surface area is 158 Å². The number of hydrogen-bond donors (Lipinski definition) is 1. The minimum absolute atomic E-state index is 0.0628. The highest BCUT2D eigenvalue weighted by Crippen LogP contribution is 2.38. The molecule has 25 heavy (non-hydrogen) atoms. The fourth-order valence-electron chi connectivity index (χ4n) is 2.38. The lowest BCUT2D eigenvalue weighted by Gasteiger charge is -2.17. The number of benzene rings is 2. The Hall–Kier alpha value is -2.21. The van der Waals surface area contributed by atoms with Gasteiger partial charge in [-0.25, -0.2) is 4.90 Å². The summed E-state index contributed by atoms with van der Waals surface area (Å²) in [5.74, 6) is -0.822. The van der Waals surface area contributed by atoms with Crippen LogP contribution in [0.4, 0.5) is 11.4 Å². The standard InChI is InChI=1S/C17H11Cl3N2O3/c1-25-12-8-3-2-6-10(12)21-15-14(20)16(23)22(17(15)24)11-7-4-5-9(18)13(11)19/h2-8,21H,1H3. The monoisotopic (exact) mass is 396 g/mol. The van der Waals surface area contributed by atoms with E-state index in [1.54, 1.807) is 36.4 Å². The number of amides is 2. The SMILES string of the molecule is COc1ccccc1NC1=C(Cl)C(=O)N(c2cccc(Cl)c2Cl)C1=O. The summed E-state index contributed by atoms with van der Waals surface area (Å²) in [6, 6.07) is 11.6. The fraction of sp³-hybridized carbons (Fsp3) is 0.0588. The maximum atomic E-state index is 12.8. The lowest BCUT2D eigenvalue weighted by Crippen LogP contribution is -2.32. The summed E-state index contributed by atoms with van der Waals surface area (Å²) in [4.78, 5) is 26.1. The number of para-hydroxylation sites is 2. The van der Waals surface area contributed by atoms with Crippen molar-refractivity contribution in [1.29, 1.82) is 0 Å². The van der Waals surface area contributed by atoms with Gasteiger partial charge in [0.15, 0.2) is 0 Å². The molecule has 128 valence electrons. The van der Waals surface area contributed by atoms with E-state index >= 15 is 0 Å². The Morgan fingerprint density at radius 3 is 2.40 bits per heavy atom. The van der Waals surface area contributed by atoms with E-state index in [2.05, 4.69) is 5.32 Å². The number of hydrogen-bond acceptors (Lipinski definition) is 4. The molecule has 2 aromatic rings. The second-order valence-corrected chi connectivity index (χ2v) is 6.20. The van der Waals surface area contributed by atoms with E-state index in [4.69, 9.17) is 39.5 Å². The minimum atomic E-state index is -0.687. The highest BCUT2D eigenvalue weighted by Gasteiger charge is 2.40. The molecule has 1 N–H and O–H groups in total. The van der Waals surface area contributed by atoms with Crippen LogP contribution in [0, 0.1) is 0 Å². The van der Waals surface area contributed by atoms with Crippen LogP contribution in [-0.4, -0.2) is 18.9 Å². The number of nitrogens with zero attached hydrogens (tertiary/aromatic N) is 1. The van der Waals surface area contributed by atoms with E-state index in [-0.39, 0.29) is 26.5 Å². The molecule has 0 fully saturated rings. The zero-order chi connectivity index (χ0) is 18.1. The average Bonchev–Trinajstić information content (AvgIpc) is 2.82. The first-order valence-electron chi connectivity index (χ1n) is 7.08. The van der Waals surface area contributed by atoms with Crippen LogP contribution in [0.15, 0.2) is 53.2 Å². The molecule has 0 saturated carbocycles. The molecule has 0 atom stereocenters. The number of halogens is 3. The van der Waals surface area contributed by atoms with Gasteiger partial charge in [-0.3, -0.25) is 9.59 Å². The maximum absolute atomic E-state index is 12.8. The molecule has 1 aliphatic rings. The first-order valence-corrected chi connectivity index (χ1v) is 8.21. The van der Waals surface area contributed by atoms with Gasteiger partial charge >= 0.3 is 0 Å². The van der Waals surface area contributed by atoms with Gasteiger partial charge in [0, 0.05) is 0 Å². The lowest BCUT2D eigenvalue weighted by atomic mass is 10.2. The molecule has 0 radical (unpaired) electrons. The molecule has 0 spiro atoms. The Bertz CT molecular complexity index is 912. The number of ether oxygens (including phenoxy) is 1. The quantitative estimate of drug-likeness (QED) is 0.775. The Kier molecular flexibility index (Phi) is 4.90. The molecular formula is C17H11Cl3N2O3. The third kappa shape index (κ3) is 3.06. The van der Waals surface area contributed by atoms with Crippen LogP contribution in [0.25, 0.3) is 0 Å². The molecule has 3 rings (SSSR count). The van der Waals surface area contributed by atoms with Gasteiger partial charge in [-0.15, -0.1) is 0 Å². The average molecular weight is 398 g/mol. The van der Waals surface area contributed by atoms with Gasteiger partial charge in [0.1, 0.15) is 16.5 Å². The molecule has 0 bridgehead atoms. The normalized spacial score (nSPS) is 14.3. The van der Waals surface area contributed by atoms with Crippen molar-refractivity contribution in [3.63, 3.8) is 0 Å². The molecule has 0 saturated heterocycles. The van der Waals surface area contributed by atoms with Crippen molar-refractivity contribution in [3.05, 3.63) is 63.2 Å². The highest BCUT2D eigenvalue weighted by molar-refractivity contribution is 6.54. The molecular weight excluding hydrogens is 387 g/mol. The number of imide groups is 1. The largest absolute Gasteiger partial charge is 0.495 e. The number of carbonyl (C=O) groups excluding carboxylic acids is 2. The Morgan fingerprint density at radius 2 is 1.68 bits per heavy atom. The Morgan fingerprint density at radius 1 is 0.960 bits per heavy atom. The van der Waals surface area contributed by atoms with Crippen molar-refractivity contribution in [3.8, 4) is 5.75 Å². The van der Waals surface area contributed by atoms with Crippen molar-refractivity contribution < 1.29 is 14.3 Å². The van der Waals surface area contributed by atoms with Crippen molar-refractivity contribution in [2.45, 2.75) is 0 Å². The molecule has 5 nitrogen and oxygen atoms in total. The second kappa shape index (κ2) is 6.96. The molecule has 2 amide bonds. The van der Waals surface area contributed by atoms with Crippen molar-refractivity contribution in [2.24, 2.45) is 0 Å². The van der Waals surface area contributed by atoms with E-state index < -0.39 is 11.8 Å². The highest BCUT2D eigenvalue weighted by atomic mass is 35.5. The second-order valence-electron chi connectivity index (χ2n) is 5.03. The topological polar surface area (TPSA) is 58.6 Å². The molecule has 0 unspecified atom stereocenters. The summed E-state index contributed by atoms with van der Waals surface area (Å²) in [6.45, 7) is 0. The molecule has 2 aromatic carbocycles. The van der Waals surface area contributed by atoms with Gasteiger partial charge in [-0.05, 0) is 24.3 Å². The predicted octanol–water partition coefficient (Wildman–Crippen LogP) is 4.44. The van der Waals surface area contributed by atoms with Crippen LogP contribution in [0.1, 0.15) is 0 Å². The van der Waals surface area contributed by atoms with Crippen LogP contribution in [0.2, 0.25) is 10.0 Å². The molecule has 1 heterocycles. The van der Waals surface area contributed by atoms with Gasteiger partial charge in [0.2, 0.25) is 0 Å². The number of nitrogens with one attached hydrogen (secondary N) is 1. The van der Waals surface area contributed by atoms with E-state index in [0.29, 0.717) is 11.4 Å². The van der Waals surface area contributed by atoms with Gasteiger partial charge in [-0.1, -0.05) is 53.0 Å². The zero-order valence-electron chi connectivity index (χ0n) is 12.8. The smallest absolute Gasteiger partial charge is 0.283 e. The molecule has 8 heteroatoms. The summed E-state index contributed by atoms with van der Waals surface area (Å²) < 4.78 is 5.22. The summed E-state index contributed by atoms with van der Waals surface area (Å²) in [6.07, 6.45) is 0. The zero-order valence-corrected chi connectivity index (χ0v) is 15.1. The third-order valence-electron chi connectivity index (χ3n) is 3.57. The van der Waals surface area contributed by atoms with E-state index in [0.717, 1.165) is 4.90 Å². The predicted molar refractivity (Wildman–Crippen MR) is 98.5 cm³/mol. The maximum Gasteiger partial charge on any atom is 0.283 e.